The zero-order valence-electron chi connectivity index (χ0n) is 9.89. The molecule has 0 fully saturated rings. The van der Waals surface area contributed by atoms with Gasteiger partial charge in [-0.1, -0.05) is 0 Å². The molecule has 6 nitrogen and oxygen atoms in total. The van der Waals surface area contributed by atoms with Crippen LogP contribution in [0.4, 0.5) is 4.79 Å². The predicted molar refractivity (Wildman–Crippen MR) is 58.5 cm³/mol. The molecule has 0 aromatic carbocycles. The quantitative estimate of drug-likeness (QED) is 0.844. The van der Waals surface area contributed by atoms with Gasteiger partial charge in [0.05, 0.1) is 6.26 Å². The lowest BCUT2D eigenvalue weighted by Gasteiger charge is -2.21. The van der Waals surface area contributed by atoms with Crippen molar-refractivity contribution in [2.75, 3.05) is 0 Å². The Morgan fingerprint density at radius 2 is 2.12 bits per heavy atom. The van der Waals surface area contributed by atoms with Crippen molar-refractivity contribution in [3.63, 3.8) is 0 Å². The van der Waals surface area contributed by atoms with E-state index in [0.717, 1.165) is 0 Å². The van der Waals surface area contributed by atoms with Crippen LogP contribution in [0.3, 0.4) is 0 Å². The molecule has 0 aliphatic heterocycles. The summed E-state index contributed by atoms with van der Waals surface area (Å²) in [6.45, 7) is 5.07. The smallest absolute Gasteiger partial charge is 0.408 e. The van der Waals surface area contributed by atoms with Crippen molar-refractivity contribution in [3.8, 4) is 0 Å². The number of carboxylic acid groups (broad SMARTS) is 1. The lowest BCUT2D eigenvalue weighted by atomic mass is 10.2. The Labute approximate surface area is 98.6 Å². The topological polar surface area (TPSA) is 88.8 Å². The van der Waals surface area contributed by atoms with Gasteiger partial charge in [-0.15, -0.1) is 0 Å². The molecule has 0 radical (unpaired) electrons. The Morgan fingerprint density at radius 1 is 1.47 bits per heavy atom. The first kappa shape index (κ1) is 13.1. The highest BCUT2D eigenvalue weighted by atomic mass is 16.6. The molecule has 1 rings (SSSR count). The molecule has 0 aliphatic carbocycles. The van der Waals surface area contributed by atoms with Gasteiger partial charge >= 0.3 is 12.1 Å². The Hall–Kier alpha value is -1.98. The third-order valence-corrected chi connectivity index (χ3v) is 1.74. The van der Waals surface area contributed by atoms with Crippen molar-refractivity contribution in [2.45, 2.75) is 32.4 Å². The van der Waals surface area contributed by atoms with E-state index in [9.17, 15) is 9.59 Å². The van der Waals surface area contributed by atoms with Gasteiger partial charge in [-0.3, -0.25) is 0 Å². The highest BCUT2D eigenvalue weighted by Crippen LogP contribution is 2.15. The van der Waals surface area contributed by atoms with Gasteiger partial charge in [-0.25, -0.2) is 9.59 Å². The summed E-state index contributed by atoms with van der Waals surface area (Å²) in [7, 11) is 0. The van der Waals surface area contributed by atoms with Gasteiger partial charge < -0.3 is 19.6 Å². The number of carboxylic acids is 1. The number of alkyl carbamates (subject to hydrolysis) is 1. The fourth-order valence-electron chi connectivity index (χ4n) is 1.14. The minimum absolute atomic E-state index is 0.142. The van der Waals surface area contributed by atoms with Gasteiger partial charge in [0.1, 0.15) is 11.4 Å². The van der Waals surface area contributed by atoms with Gasteiger partial charge in [0.25, 0.3) is 0 Å². The van der Waals surface area contributed by atoms with Crippen molar-refractivity contribution in [1.29, 1.82) is 0 Å². The van der Waals surface area contributed by atoms with Gasteiger partial charge in [-0.2, -0.15) is 0 Å². The number of ether oxygens (including phenoxy) is 1. The Balaban J connectivity index is 2.69. The number of hydrogen-bond acceptors (Lipinski definition) is 4. The molecule has 0 bridgehead atoms. The molecule has 1 heterocycles. The van der Waals surface area contributed by atoms with Crippen LogP contribution in [0.25, 0.3) is 0 Å². The standard InChI is InChI=1S/C11H15NO5/c1-11(2,3)17-10(15)12-8(9(13)14)7-5-4-6-16-7/h4-6,8H,1-3H3,(H,12,15)(H,13,14)/t8-/m1/s1. The normalized spacial score (nSPS) is 12.9. The summed E-state index contributed by atoms with van der Waals surface area (Å²) in [5.74, 6) is -1.07. The Bertz CT molecular complexity index is 390. The maximum Gasteiger partial charge on any atom is 0.408 e. The van der Waals surface area contributed by atoms with Crippen LogP contribution in [-0.4, -0.2) is 22.8 Å². The first-order valence-corrected chi connectivity index (χ1v) is 5.05. The van der Waals surface area contributed by atoms with Gasteiger partial charge in [0.15, 0.2) is 6.04 Å². The maximum atomic E-state index is 11.4. The summed E-state index contributed by atoms with van der Waals surface area (Å²) in [6.07, 6.45) is 0.531. The molecule has 1 atom stereocenters. The number of nitrogens with one attached hydrogen (secondary N) is 1. The third kappa shape index (κ3) is 4.18. The predicted octanol–water partition coefficient (Wildman–Crippen LogP) is 1.93. The second-order valence-electron chi connectivity index (χ2n) is 4.43. The van der Waals surface area contributed by atoms with Crippen LogP contribution < -0.4 is 5.32 Å². The lowest BCUT2D eigenvalue weighted by molar-refractivity contribution is -0.140. The average Bonchev–Trinajstić information content (AvgIpc) is 2.63. The van der Waals surface area contributed by atoms with Gasteiger partial charge in [-0.05, 0) is 32.9 Å². The summed E-state index contributed by atoms with van der Waals surface area (Å²) >= 11 is 0. The zero-order valence-corrected chi connectivity index (χ0v) is 9.89. The van der Waals surface area contributed by atoms with Crippen LogP contribution in [-0.2, 0) is 9.53 Å². The molecule has 0 saturated heterocycles. The van der Waals surface area contributed by atoms with Crippen LogP contribution in [0.1, 0.15) is 32.6 Å². The largest absolute Gasteiger partial charge is 0.479 e. The maximum absolute atomic E-state index is 11.4. The molecule has 6 heteroatoms. The van der Waals surface area contributed by atoms with E-state index in [1.54, 1.807) is 26.8 Å². The molecular formula is C11H15NO5. The number of rotatable bonds is 3. The van der Waals surface area contributed by atoms with Crippen LogP contribution in [0.15, 0.2) is 22.8 Å². The number of amides is 1. The van der Waals surface area contributed by atoms with Crippen LogP contribution in [0, 0.1) is 0 Å². The van der Waals surface area contributed by atoms with E-state index < -0.39 is 23.7 Å². The SMILES string of the molecule is CC(C)(C)OC(=O)N[C@@H](C(=O)O)c1ccco1. The molecule has 0 spiro atoms. The number of furan rings is 1. The van der Waals surface area contributed by atoms with Crippen LogP contribution >= 0.6 is 0 Å². The van der Waals surface area contributed by atoms with E-state index >= 15 is 0 Å². The van der Waals surface area contributed by atoms with E-state index in [1.165, 1.54) is 12.3 Å². The molecule has 94 valence electrons. The van der Waals surface area contributed by atoms with E-state index in [-0.39, 0.29) is 5.76 Å². The number of aliphatic carboxylic acids is 1. The highest BCUT2D eigenvalue weighted by Gasteiger charge is 2.27. The van der Waals surface area contributed by atoms with Gasteiger partial charge in [0.2, 0.25) is 0 Å². The summed E-state index contributed by atoms with van der Waals surface area (Å²) in [5.41, 5.74) is -0.684. The van der Waals surface area contributed by atoms with Crippen molar-refractivity contribution < 1.29 is 23.8 Å². The lowest BCUT2D eigenvalue weighted by Crippen LogP contribution is -2.37. The van der Waals surface area contributed by atoms with Crippen molar-refractivity contribution in [3.05, 3.63) is 24.2 Å². The Kier molecular flexibility index (Phi) is 3.77. The summed E-state index contributed by atoms with van der Waals surface area (Å²) in [6, 6.07) is 1.76. The van der Waals surface area contributed by atoms with E-state index in [0.29, 0.717) is 0 Å². The van der Waals surface area contributed by atoms with Crippen molar-refractivity contribution >= 4 is 12.1 Å². The minimum Gasteiger partial charge on any atom is -0.479 e. The molecule has 17 heavy (non-hydrogen) atoms. The van der Waals surface area contributed by atoms with Crippen LogP contribution in [0.2, 0.25) is 0 Å². The minimum atomic E-state index is -1.25. The van der Waals surface area contributed by atoms with E-state index in [1.807, 2.05) is 0 Å². The summed E-state index contributed by atoms with van der Waals surface area (Å²) in [5, 5.41) is 11.2. The van der Waals surface area contributed by atoms with Crippen molar-refractivity contribution in [2.24, 2.45) is 0 Å². The van der Waals surface area contributed by atoms with Crippen molar-refractivity contribution in [1.82, 2.24) is 5.32 Å². The highest BCUT2D eigenvalue weighted by molar-refractivity contribution is 5.80. The molecule has 0 unspecified atom stereocenters. The number of carbonyl (C=O) groups is 2. The monoisotopic (exact) mass is 241 g/mol. The van der Waals surface area contributed by atoms with E-state index in [4.69, 9.17) is 14.3 Å². The fourth-order valence-corrected chi connectivity index (χ4v) is 1.14. The summed E-state index contributed by atoms with van der Waals surface area (Å²) in [4.78, 5) is 22.4. The van der Waals surface area contributed by atoms with E-state index in [2.05, 4.69) is 5.32 Å². The average molecular weight is 241 g/mol. The molecule has 2 N–H and O–H groups in total. The molecule has 0 aliphatic rings. The molecule has 1 amide bonds. The summed E-state index contributed by atoms with van der Waals surface area (Å²) < 4.78 is 9.90. The second kappa shape index (κ2) is 4.90. The third-order valence-electron chi connectivity index (χ3n) is 1.74. The molecule has 1 aromatic rings. The fraction of sp³-hybridized carbons (Fsp3) is 0.455. The zero-order chi connectivity index (χ0) is 13.1. The molecule has 0 saturated carbocycles. The second-order valence-corrected chi connectivity index (χ2v) is 4.43. The number of hydrogen-bond donors (Lipinski definition) is 2. The molecular weight excluding hydrogens is 226 g/mol. The van der Waals surface area contributed by atoms with Crippen LogP contribution in [0.5, 0.6) is 0 Å². The first-order valence-electron chi connectivity index (χ1n) is 5.05. The molecule has 1 aromatic heterocycles. The first-order chi connectivity index (χ1) is 7.79. The van der Waals surface area contributed by atoms with Gasteiger partial charge in [0, 0.05) is 0 Å². The number of carbonyl (C=O) groups excluding carboxylic acids is 1. The Morgan fingerprint density at radius 3 is 2.53 bits per heavy atom.